The van der Waals surface area contributed by atoms with Crippen LogP contribution in [0.15, 0.2) is 0 Å². The minimum Gasteiger partial charge on any atom is -0.197 e. The van der Waals surface area contributed by atoms with Gasteiger partial charge in [-0.15, -0.1) is 0 Å². The van der Waals surface area contributed by atoms with Gasteiger partial charge in [0.05, 0.1) is 6.07 Å². The van der Waals surface area contributed by atoms with E-state index in [2.05, 4.69) is 0 Å². The molecule has 0 saturated carbocycles. The number of hydrogen-bond donors (Lipinski definition) is 1. The summed E-state index contributed by atoms with van der Waals surface area (Å²) < 4.78 is 59.3. The molecule has 0 radical (unpaired) electrons. The van der Waals surface area contributed by atoms with Crippen molar-refractivity contribution in [3.63, 3.8) is 0 Å². The van der Waals surface area contributed by atoms with Crippen LogP contribution in [0.5, 0.6) is 0 Å². The van der Waals surface area contributed by atoms with Gasteiger partial charge in [-0.3, -0.25) is 0 Å². The smallest absolute Gasteiger partial charge is 0.197 e. The topological polar surface area (TPSA) is 73.2 Å². The van der Waals surface area contributed by atoms with Gasteiger partial charge in [-0.2, -0.15) is 35.9 Å². The molecule has 0 aliphatic rings. The minimum atomic E-state index is -4.62. The molecule has 1 unspecified atom stereocenters. The summed E-state index contributed by atoms with van der Waals surface area (Å²) in [4.78, 5) is 0. The van der Waals surface area contributed by atoms with Crippen LogP contribution < -0.4 is 4.72 Å². The van der Waals surface area contributed by atoms with Gasteiger partial charge in [0.15, 0.2) is 0 Å². The van der Waals surface area contributed by atoms with Gasteiger partial charge in [0.25, 0.3) is 10.2 Å². The molecule has 0 bridgehead atoms. The fourth-order valence-electron chi connectivity index (χ4n) is 0.564. The van der Waals surface area contributed by atoms with Crippen LogP contribution in [0.1, 0.15) is 6.92 Å². The Bertz CT molecular complexity index is 346. The van der Waals surface area contributed by atoms with Crippen molar-refractivity contribution in [2.75, 3.05) is 13.6 Å². The second-order valence-electron chi connectivity index (χ2n) is 2.76. The van der Waals surface area contributed by atoms with E-state index < -0.39 is 29.0 Å². The van der Waals surface area contributed by atoms with E-state index in [0.29, 0.717) is 4.31 Å². The summed E-state index contributed by atoms with van der Waals surface area (Å²) in [5.74, 6) is 0. The molecule has 15 heavy (non-hydrogen) atoms. The lowest BCUT2D eigenvalue weighted by molar-refractivity contribution is -0.121. The molecule has 0 aliphatic heterocycles. The van der Waals surface area contributed by atoms with E-state index >= 15 is 0 Å². The Hall–Kier alpha value is -0.850. The third-order valence-electron chi connectivity index (χ3n) is 1.57. The number of rotatable bonds is 4. The Morgan fingerprint density at radius 2 is 2.00 bits per heavy atom. The van der Waals surface area contributed by atoms with Gasteiger partial charge in [0, 0.05) is 7.05 Å². The molecular weight excluding hydrogens is 235 g/mol. The Labute approximate surface area is 85.7 Å². The molecule has 9 heteroatoms. The number of nitriles is 1. The molecule has 0 spiro atoms. The first kappa shape index (κ1) is 14.2. The first-order valence-electron chi connectivity index (χ1n) is 3.79. The fraction of sp³-hybridized carbons (Fsp3) is 0.833. The molecule has 0 aromatic carbocycles. The van der Waals surface area contributed by atoms with Crippen molar-refractivity contribution in [3.05, 3.63) is 0 Å². The molecule has 5 nitrogen and oxygen atoms in total. The van der Waals surface area contributed by atoms with Crippen LogP contribution in [0.4, 0.5) is 13.2 Å². The summed E-state index contributed by atoms with van der Waals surface area (Å²) in [6.07, 6.45) is -4.62. The normalized spacial score (nSPS) is 15.0. The zero-order valence-electron chi connectivity index (χ0n) is 8.04. The van der Waals surface area contributed by atoms with E-state index in [1.54, 1.807) is 6.07 Å². The van der Waals surface area contributed by atoms with Crippen molar-refractivity contribution in [2.24, 2.45) is 0 Å². The van der Waals surface area contributed by atoms with E-state index in [1.165, 1.54) is 11.6 Å². The number of hydrogen-bond acceptors (Lipinski definition) is 3. The van der Waals surface area contributed by atoms with Crippen molar-refractivity contribution in [2.45, 2.75) is 19.1 Å². The van der Waals surface area contributed by atoms with E-state index in [9.17, 15) is 21.6 Å². The number of nitrogens with one attached hydrogen (secondary N) is 1. The van der Waals surface area contributed by atoms with Crippen molar-refractivity contribution in [1.29, 1.82) is 5.26 Å². The van der Waals surface area contributed by atoms with E-state index in [0.717, 1.165) is 7.05 Å². The molecule has 0 rings (SSSR count). The number of halogens is 3. The fourth-order valence-corrected chi connectivity index (χ4v) is 1.58. The minimum absolute atomic E-state index is 0.527. The molecule has 0 fully saturated rings. The lowest BCUT2D eigenvalue weighted by atomic mass is 10.4. The van der Waals surface area contributed by atoms with Crippen LogP contribution in [0.3, 0.4) is 0 Å². The Morgan fingerprint density at radius 1 is 1.53 bits per heavy atom. The van der Waals surface area contributed by atoms with Crippen molar-refractivity contribution < 1.29 is 21.6 Å². The van der Waals surface area contributed by atoms with Gasteiger partial charge in [0.1, 0.15) is 12.6 Å². The number of nitrogens with zero attached hydrogens (tertiary/aromatic N) is 2. The summed E-state index contributed by atoms with van der Waals surface area (Å²) in [5, 5.41) is 8.39. The monoisotopic (exact) mass is 245 g/mol. The number of alkyl halides is 3. The summed E-state index contributed by atoms with van der Waals surface area (Å²) in [5.41, 5.74) is 0. The highest BCUT2D eigenvalue weighted by Crippen LogP contribution is 2.13. The Balaban J connectivity index is 4.52. The largest absolute Gasteiger partial charge is 0.402 e. The molecule has 0 aromatic rings. The van der Waals surface area contributed by atoms with Crippen molar-refractivity contribution in [1.82, 2.24) is 9.03 Å². The third kappa shape index (κ3) is 4.96. The van der Waals surface area contributed by atoms with Crippen LogP contribution in [0.2, 0.25) is 0 Å². The molecule has 1 atom stereocenters. The van der Waals surface area contributed by atoms with Gasteiger partial charge in [0.2, 0.25) is 0 Å². The van der Waals surface area contributed by atoms with Gasteiger partial charge in [-0.05, 0) is 6.92 Å². The first-order valence-corrected chi connectivity index (χ1v) is 5.23. The van der Waals surface area contributed by atoms with Crippen molar-refractivity contribution in [3.8, 4) is 6.07 Å². The van der Waals surface area contributed by atoms with Crippen molar-refractivity contribution >= 4 is 10.2 Å². The van der Waals surface area contributed by atoms with Gasteiger partial charge >= 0.3 is 6.18 Å². The average molecular weight is 245 g/mol. The molecule has 0 aliphatic carbocycles. The second-order valence-corrected chi connectivity index (χ2v) is 4.58. The van der Waals surface area contributed by atoms with E-state index in [4.69, 9.17) is 5.26 Å². The van der Waals surface area contributed by atoms with Gasteiger partial charge < -0.3 is 0 Å². The SMILES string of the molecule is CC(C#N)N(C)S(=O)(=O)NCC(F)(F)F. The van der Waals surface area contributed by atoms with Gasteiger partial charge in [-0.1, -0.05) is 0 Å². The second kappa shape index (κ2) is 4.78. The summed E-state index contributed by atoms with van der Waals surface area (Å²) in [7, 11) is -3.24. The summed E-state index contributed by atoms with van der Waals surface area (Å²) in [6, 6.07) is 0.562. The predicted molar refractivity (Wildman–Crippen MR) is 45.8 cm³/mol. The zero-order valence-corrected chi connectivity index (χ0v) is 8.85. The third-order valence-corrected chi connectivity index (χ3v) is 3.15. The Morgan fingerprint density at radius 3 is 2.33 bits per heavy atom. The van der Waals surface area contributed by atoms with Crippen LogP contribution >= 0.6 is 0 Å². The maximum absolute atomic E-state index is 11.7. The average Bonchev–Trinajstić information content (AvgIpc) is 2.11. The van der Waals surface area contributed by atoms with E-state index in [1.807, 2.05) is 0 Å². The maximum atomic E-state index is 11.7. The highest BCUT2D eigenvalue weighted by atomic mass is 32.2. The molecule has 0 saturated heterocycles. The van der Waals surface area contributed by atoms with Crippen LogP contribution in [-0.4, -0.2) is 38.5 Å². The molecule has 0 aromatic heterocycles. The molecule has 88 valence electrons. The highest BCUT2D eigenvalue weighted by molar-refractivity contribution is 7.87. The first-order chi connectivity index (χ1) is 6.60. The van der Waals surface area contributed by atoms with Crippen LogP contribution in [0.25, 0.3) is 0 Å². The Kier molecular flexibility index (Phi) is 4.51. The summed E-state index contributed by atoms with van der Waals surface area (Å²) in [6.45, 7) is -0.398. The lowest BCUT2D eigenvalue weighted by Crippen LogP contribution is -2.45. The predicted octanol–water partition coefficient (Wildman–Crippen LogP) is 0.227. The van der Waals surface area contributed by atoms with Crippen LogP contribution in [-0.2, 0) is 10.2 Å². The zero-order chi connectivity index (χ0) is 12.3. The molecule has 0 heterocycles. The quantitative estimate of drug-likeness (QED) is 0.770. The maximum Gasteiger partial charge on any atom is 0.402 e. The van der Waals surface area contributed by atoms with E-state index in [-0.39, 0.29) is 0 Å². The molecule has 1 N–H and O–H groups in total. The molecular formula is C6H10F3N3O2S. The summed E-state index contributed by atoms with van der Waals surface area (Å²) >= 11 is 0. The highest BCUT2D eigenvalue weighted by Gasteiger charge is 2.32. The lowest BCUT2D eigenvalue weighted by Gasteiger charge is -2.19. The van der Waals surface area contributed by atoms with Gasteiger partial charge in [-0.25, -0.2) is 0 Å². The molecule has 0 amide bonds. The standard InChI is InChI=1S/C6H10F3N3O2S/c1-5(3-10)12(2)15(13,14)11-4-6(7,8)9/h5,11H,4H2,1-2H3. The van der Waals surface area contributed by atoms with Crippen LogP contribution in [0, 0.1) is 11.3 Å².